The SMILES string of the molecule is CCCCCCCCCCCCCCCCCCCCCCCCC(C)CC(C)C. The molecule has 0 aromatic rings. The predicted octanol–water partition coefficient (Wildman–Crippen LogP) is 11.7. The first-order chi connectivity index (χ1) is 14.7. The smallest absolute Gasteiger partial charge is 0.0440 e. The van der Waals surface area contributed by atoms with Gasteiger partial charge in [0.2, 0.25) is 0 Å². The van der Waals surface area contributed by atoms with Gasteiger partial charge in [-0.3, -0.25) is 0 Å². The zero-order valence-corrected chi connectivity index (χ0v) is 22.1. The molecule has 0 rings (SSSR count). The molecule has 0 amide bonds. The molecule has 0 aliphatic carbocycles. The van der Waals surface area contributed by atoms with Crippen molar-refractivity contribution in [1.29, 1.82) is 0 Å². The second-order valence-corrected chi connectivity index (χ2v) is 10.9. The molecule has 0 aromatic heterocycles. The second-order valence-electron chi connectivity index (χ2n) is 10.9. The topological polar surface area (TPSA) is 0 Å². The molecule has 0 spiro atoms. The Bertz CT molecular complexity index is 292. The molecule has 0 N–H and O–H groups in total. The molecule has 0 aliphatic heterocycles. The molecule has 182 valence electrons. The molecule has 0 heterocycles. The Morgan fingerprint density at radius 3 is 0.900 bits per heavy atom. The standard InChI is InChI=1S/C30H62/c1-5-6-7-8-9-10-11-12-13-14-15-16-17-18-19-20-21-22-23-24-25-26-27-30(4)28-29(2)3/h29-30H,5-28H2,1-4H3. The minimum atomic E-state index is 0.875. The van der Waals surface area contributed by atoms with Crippen molar-refractivity contribution in [1.82, 2.24) is 0 Å². The third-order valence-electron chi connectivity index (χ3n) is 6.92. The van der Waals surface area contributed by atoms with Crippen LogP contribution in [0.5, 0.6) is 0 Å². The normalized spacial score (nSPS) is 12.7. The van der Waals surface area contributed by atoms with E-state index >= 15 is 0 Å². The van der Waals surface area contributed by atoms with Crippen LogP contribution in [0.2, 0.25) is 0 Å². The molecular formula is C30H62. The Hall–Kier alpha value is 0. The van der Waals surface area contributed by atoms with Crippen LogP contribution in [0.15, 0.2) is 0 Å². The van der Waals surface area contributed by atoms with E-state index in [4.69, 9.17) is 0 Å². The van der Waals surface area contributed by atoms with Crippen LogP contribution >= 0.6 is 0 Å². The molecule has 0 saturated carbocycles. The molecule has 0 aromatic carbocycles. The number of rotatable bonds is 25. The predicted molar refractivity (Wildman–Crippen MR) is 140 cm³/mol. The molecular weight excluding hydrogens is 360 g/mol. The third kappa shape index (κ3) is 26.0. The summed E-state index contributed by atoms with van der Waals surface area (Å²) in [5.41, 5.74) is 0. The van der Waals surface area contributed by atoms with Crippen LogP contribution in [-0.2, 0) is 0 Å². The zero-order valence-electron chi connectivity index (χ0n) is 22.1. The van der Waals surface area contributed by atoms with E-state index in [0.717, 1.165) is 11.8 Å². The number of unbranched alkanes of at least 4 members (excludes halogenated alkanes) is 21. The van der Waals surface area contributed by atoms with Crippen molar-refractivity contribution in [2.75, 3.05) is 0 Å². The second kappa shape index (κ2) is 25.3. The summed E-state index contributed by atoms with van der Waals surface area (Å²) in [5.74, 6) is 1.81. The van der Waals surface area contributed by atoms with Gasteiger partial charge in [0.25, 0.3) is 0 Å². The van der Waals surface area contributed by atoms with Gasteiger partial charge in [-0.1, -0.05) is 175 Å². The van der Waals surface area contributed by atoms with Crippen LogP contribution in [0.4, 0.5) is 0 Å². The van der Waals surface area contributed by atoms with Gasteiger partial charge in [-0.2, -0.15) is 0 Å². The summed E-state index contributed by atoms with van der Waals surface area (Å²) >= 11 is 0. The molecule has 0 bridgehead atoms. The van der Waals surface area contributed by atoms with E-state index in [1.54, 1.807) is 0 Å². The fraction of sp³-hybridized carbons (Fsp3) is 1.00. The Morgan fingerprint density at radius 2 is 0.633 bits per heavy atom. The van der Waals surface area contributed by atoms with E-state index in [1.807, 2.05) is 0 Å². The summed E-state index contributed by atoms with van der Waals surface area (Å²) < 4.78 is 0. The molecule has 1 unspecified atom stereocenters. The van der Waals surface area contributed by atoms with Gasteiger partial charge >= 0.3 is 0 Å². The molecule has 0 saturated heterocycles. The van der Waals surface area contributed by atoms with Gasteiger partial charge in [0, 0.05) is 0 Å². The van der Waals surface area contributed by atoms with Crippen molar-refractivity contribution in [3.05, 3.63) is 0 Å². The lowest BCUT2D eigenvalue weighted by Crippen LogP contribution is -1.99. The Labute approximate surface area is 193 Å². The van der Waals surface area contributed by atoms with Gasteiger partial charge < -0.3 is 0 Å². The van der Waals surface area contributed by atoms with Crippen LogP contribution in [0.1, 0.15) is 182 Å². The highest BCUT2D eigenvalue weighted by Gasteiger charge is 2.04. The van der Waals surface area contributed by atoms with E-state index in [9.17, 15) is 0 Å². The van der Waals surface area contributed by atoms with E-state index in [2.05, 4.69) is 27.7 Å². The fourth-order valence-electron chi connectivity index (χ4n) is 5.02. The van der Waals surface area contributed by atoms with Crippen LogP contribution in [0, 0.1) is 11.8 Å². The largest absolute Gasteiger partial charge is 0.0654 e. The molecule has 30 heavy (non-hydrogen) atoms. The Balaban J connectivity index is 3.05. The van der Waals surface area contributed by atoms with E-state index < -0.39 is 0 Å². The lowest BCUT2D eigenvalue weighted by atomic mass is 9.93. The van der Waals surface area contributed by atoms with E-state index in [-0.39, 0.29) is 0 Å². The molecule has 0 aliphatic rings. The highest BCUT2D eigenvalue weighted by atomic mass is 14.1. The third-order valence-corrected chi connectivity index (χ3v) is 6.92. The van der Waals surface area contributed by atoms with Crippen LogP contribution in [0.3, 0.4) is 0 Å². The molecule has 0 nitrogen and oxygen atoms in total. The summed E-state index contributed by atoms with van der Waals surface area (Å²) in [7, 11) is 0. The minimum absolute atomic E-state index is 0.875. The molecule has 0 heteroatoms. The Morgan fingerprint density at radius 1 is 0.367 bits per heavy atom. The van der Waals surface area contributed by atoms with Gasteiger partial charge in [-0.05, 0) is 18.3 Å². The summed E-state index contributed by atoms with van der Waals surface area (Å²) in [6.45, 7) is 9.46. The van der Waals surface area contributed by atoms with Crippen molar-refractivity contribution in [3.63, 3.8) is 0 Å². The van der Waals surface area contributed by atoms with Crippen molar-refractivity contribution in [3.8, 4) is 0 Å². The van der Waals surface area contributed by atoms with Gasteiger partial charge in [0.1, 0.15) is 0 Å². The quantitative estimate of drug-likeness (QED) is 0.128. The first-order valence-corrected chi connectivity index (χ1v) is 14.7. The summed E-state index contributed by atoms with van der Waals surface area (Å²) in [4.78, 5) is 0. The maximum Gasteiger partial charge on any atom is -0.0440 e. The van der Waals surface area contributed by atoms with Crippen molar-refractivity contribution in [2.45, 2.75) is 182 Å². The van der Waals surface area contributed by atoms with E-state index in [0.29, 0.717) is 0 Å². The van der Waals surface area contributed by atoms with Gasteiger partial charge in [0.15, 0.2) is 0 Å². The first-order valence-electron chi connectivity index (χ1n) is 14.7. The van der Waals surface area contributed by atoms with E-state index in [1.165, 1.54) is 154 Å². The molecule has 0 fully saturated rings. The molecule has 1 atom stereocenters. The van der Waals surface area contributed by atoms with Crippen molar-refractivity contribution >= 4 is 0 Å². The summed E-state index contributed by atoms with van der Waals surface area (Å²) in [6, 6.07) is 0. The maximum absolute atomic E-state index is 2.44. The summed E-state index contributed by atoms with van der Waals surface area (Å²) in [5, 5.41) is 0. The number of hydrogen-bond acceptors (Lipinski definition) is 0. The van der Waals surface area contributed by atoms with Crippen molar-refractivity contribution in [2.24, 2.45) is 11.8 Å². The lowest BCUT2D eigenvalue weighted by Gasteiger charge is -2.13. The molecule has 0 radical (unpaired) electrons. The highest BCUT2D eigenvalue weighted by Crippen LogP contribution is 2.19. The monoisotopic (exact) mass is 422 g/mol. The van der Waals surface area contributed by atoms with Gasteiger partial charge in [0.05, 0.1) is 0 Å². The highest BCUT2D eigenvalue weighted by molar-refractivity contribution is 4.57. The first kappa shape index (κ1) is 30.0. The maximum atomic E-state index is 2.44. The van der Waals surface area contributed by atoms with Gasteiger partial charge in [-0.15, -0.1) is 0 Å². The summed E-state index contributed by atoms with van der Waals surface area (Å²) in [6.07, 6.45) is 35.4. The zero-order chi connectivity index (χ0) is 22.1. The van der Waals surface area contributed by atoms with Crippen LogP contribution < -0.4 is 0 Å². The fourth-order valence-corrected chi connectivity index (χ4v) is 5.02. The lowest BCUT2D eigenvalue weighted by molar-refractivity contribution is 0.397. The average Bonchev–Trinajstić information content (AvgIpc) is 2.71. The van der Waals surface area contributed by atoms with Gasteiger partial charge in [-0.25, -0.2) is 0 Å². The van der Waals surface area contributed by atoms with Crippen LogP contribution in [-0.4, -0.2) is 0 Å². The van der Waals surface area contributed by atoms with Crippen molar-refractivity contribution < 1.29 is 0 Å². The number of hydrogen-bond donors (Lipinski definition) is 0. The average molecular weight is 423 g/mol. The minimum Gasteiger partial charge on any atom is -0.0654 e. The van der Waals surface area contributed by atoms with Crippen LogP contribution in [0.25, 0.3) is 0 Å². The Kier molecular flexibility index (Phi) is 25.3.